The maximum Gasteiger partial charge on any atom is 0.219 e. The summed E-state index contributed by atoms with van der Waals surface area (Å²) in [6.07, 6.45) is 0.993. The van der Waals surface area contributed by atoms with Crippen LogP contribution < -0.4 is 0 Å². The van der Waals surface area contributed by atoms with E-state index in [0.29, 0.717) is 5.75 Å². The Kier molecular flexibility index (Phi) is 4.20. The molecule has 1 aliphatic rings. The third kappa shape index (κ3) is 3.23. The van der Waals surface area contributed by atoms with Crippen LogP contribution in [0.1, 0.15) is 18.9 Å². The molecule has 0 unspecified atom stereocenters. The van der Waals surface area contributed by atoms with Crippen molar-refractivity contribution >= 4 is 5.91 Å². The molecule has 0 atom stereocenters. The summed E-state index contributed by atoms with van der Waals surface area (Å²) in [4.78, 5) is 15.5. The van der Waals surface area contributed by atoms with E-state index in [1.807, 2.05) is 23.1 Å². The van der Waals surface area contributed by atoms with E-state index in [1.165, 1.54) is 0 Å². The van der Waals surface area contributed by atoms with Gasteiger partial charge >= 0.3 is 0 Å². The smallest absolute Gasteiger partial charge is 0.219 e. The fourth-order valence-electron chi connectivity index (χ4n) is 2.33. The number of phenols is 1. The van der Waals surface area contributed by atoms with Crippen molar-refractivity contribution in [1.82, 2.24) is 9.80 Å². The van der Waals surface area contributed by atoms with Crippen LogP contribution in [0, 0.1) is 0 Å². The van der Waals surface area contributed by atoms with Crippen LogP contribution in [-0.4, -0.2) is 47.0 Å². The van der Waals surface area contributed by atoms with Crippen LogP contribution in [0.5, 0.6) is 5.75 Å². The van der Waals surface area contributed by atoms with Crippen molar-refractivity contribution in [3.05, 3.63) is 29.8 Å². The molecule has 0 spiro atoms. The van der Waals surface area contributed by atoms with Crippen molar-refractivity contribution < 1.29 is 9.90 Å². The third-order valence-electron chi connectivity index (χ3n) is 3.42. The van der Waals surface area contributed by atoms with Crippen molar-refractivity contribution in [2.24, 2.45) is 0 Å². The molecular formula is C14H20N2O2. The number of nitrogens with zero attached hydrogens (tertiary/aromatic N) is 2. The van der Waals surface area contributed by atoms with Crippen LogP contribution >= 0.6 is 0 Å². The fourth-order valence-corrected chi connectivity index (χ4v) is 2.33. The molecule has 2 rings (SSSR count). The number of phenolic OH excluding ortho intramolecular Hbond substituents is 1. The van der Waals surface area contributed by atoms with Gasteiger partial charge in [-0.15, -0.1) is 0 Å². The molecular weight excluding hydrogens is 228 g/mol. The second-order valence-electron chi connectivity index (χ2n) is 4.76. The molecule has 4 heteroatoms. The van der Waals surface area contributed by atoms with Crippen molar-refractivity contribution in [3.8, 4) is 5.75 Å². The van der Waals surface area contributed by atoms with Crippen LogP contribution in [0.4, 0.5) is 0 Å². The van der Waals surface area contributed by atoms with Crippen LogP contribution in [0.2, 0.25) is 0 Å². The van der Waals surface area contributed by atoms with Gasteiger partial charge in [0.1, 0.15) is 5.75 Å². The molecule has 98 valence electrons. The number of hydrogen-bond acceptors (Lipinski definition) is 3. The highest BCUT2D eigenvalue weighted by Gasteiger charge is 2.17. The zero-order chi connectivity index (χ0) is 13.0. The quantitative estimate of drug-likeness (QED) is 0.861. The van der Waals surface area contributed by atoms with Crippen molar-refractivity contribution in [2.45, 2.75) is 19.9 Å². The number of carbonyl (C=O) groups excluding carboxylic acids is 1. The van der Waals surface area contributed by atoms with E-state index in [-0.39, 0.29) is 5.91 Å². The van der Waals surface area contributed by atoms with Gasteiger partial charge in [-0.3, -0.25) is 9.69 Å². The molecule has 0 saturated carbocycles. The normalized spacial score (nSPS) is 17.5. The topological polar surface area (TPSA) is 43.8 Å². The lowest BCUT2D eigenvalue weighted by Gasteiger charge is -2.21. The maximum atomic E-state index is 11.3. The van der Waals surface area contributed by atoms with E-state index in [9.17, 15) is 9.90 Å². The van der Waals surface area contributed by atoms with E-state index in [2.05, 4.69) is 4.90 Å². The van der Waals surface area contributed by atoms with Gasteiger partial charge in [-0.2, -0.15) is 0 Å². The van der Waals surface area contributed by atoms with Gasteiger partial charge in [0.15, 0.2) is 0 Å². The summed E-state index contributed by atoms with van der Waals surface area (Å²) >= 11 is 0. The minimum atomic E-state index is 0.152. The maximum absolute atomic E-state index is 11.3. The molecule has 1 aromatic carbocycles. The standard InChI is InChI=1S/C14H20N2O2/c1-12(17)16-8-4-7-15(9-10-16)11-13-5-2-3-6-14(13)18/h2-3,5-6,18H,4,7-11H2,1H3. The molecule has 4 nitrogen and oxygen atoms in total. The van der Waals surface area contributed by atoms with Gasteiger partial charge in [0, 0.05) is 45.2 Å². The number of para-hydroxylation sites is 1. The predicted octanol–water partition coefficient (Wildman–Crippen LogP) is 1.45. The number of carbonyl (C=O) groups is 1. The Morgan fingerprint density at radius 3 is 2.72 bits per heavy atom. The lowest BCUT2D eigenvalue weighted by atomic mass is 10.2. The zero-order valence-electron chi connectivity index (χ0n) is 10.8. The first-order chi connectivity index (χ1) is 8.66. The second kappa shape index (κ2) is 5.87. The summed E-state index contributed by atoms with van der Waals surface area (Å²) in [7, 11) is 0. The van der Waals surface area contributed by atoms with Crippen molar-refractivity contribution in [1.29, 1.82) is 0 Å². The highest BCUT2D eigenvalue weighted by Crippen LogP contribution is 2.18. The van der Waals surface area contributed by atoms with Crippen LogP contribution in [0.3, 0.4) is 0 Å². The van der Waals surface area contributed by atoms with Crippen LogP contribution in [0.25, 0.3) is 0 Å². The lowest BCUT2D eigenvalue weighted by Crippen LogP contribution is -2.33. The summed E-state index contributed by atoms with van der Waals surface area (Å²) < 4.78 is 0. The molecule has 1 fully saturated rings. The van der Waals surface area contributed by atoms with E-state index >= 15 is 0 Å². The van der Waals surface area contributed by atoms with E-state index in [0.717, 1.165) is 44.7 Å². The van der Waals surface area contributed by atoms with Gasteiger partial charge in [-0.05, 0) is 12.5 Å². The number of rotatable bonds is 2. The summed E-state index contributed by atoms with van der Waals surface area (Å²) in [6, 6.07) is 7.44. The van der Waals surface area contributed by atoms with Gasteiger partial charge < -0.3 is 10.0 Å². The average molecular weight is 248 g/mol. The lowest BCUT2D eigenvalue weighted by molar-refractivity contribution is -0.128. The van der Waals surface area contributed by atoms with E-state index in [4.69, 9.17) is 0 Å². The minimum Gasteiger partial charge on any atom is -0.508 e. The molecule has 0 aliphatic carbocycles. The molecule has 18 heavy (non-hydrogen) atoms. The second-order valence-corrected chi connectivity index (χ2v) is 4.76. The minimum absolute atomic E-state index is 0.152. The summed E-state index contributed by atoms with van der Waals surface area (Å²) in [6.45, 7) is 5.83. The molecule has 1 saturated heterocycles. The Morgan fingerprint density at radius 1 is 1.22 bits per heavy atom. The average Bonchev–Trinajstić information content (AvgIpc) is 2.58. The van der Waals surface area contributed by atoms with Gasteiger partial charge in [0.2, 0.25) is 5.91 Å². The molecule has 0 radical (unpaired) electrons. The Balaban J connectivity index is 1.95. The molecule has 1 amide bonds. The van der Waals surface area contributed by atoms with Gasteiger partial charge in [0.25, 0.3) is 0 Å². The fraction of sp³-hybridized carbons (Fsp3) is 0.500. The van der Waals surface area contributed by atoms with Crippen molar-refractivity contribution in [2.75, 3.05) is 26.2 Å². The summed E-state index contributed by atoms with van der Waals surface area (Å²) in [5.41, 5.74) is 0.953. The Hall–Kier alpha value is -1.55. The highest BCUT2D eigenvalue weighted by atomic mass is 16.3. The molecule has 1 N–H and O–H groups in total. The van der Waals surface area contributed by atoms with Crippen LogP contribution in [0.15, 0.2) is 24.3 Å². The van der Waals surface area contributed by atoms with Gasteiger partial charge in [-0.1, -0.05) is 18.2 Å². The molecule has 1 heterocycles. The van der Waals surface area contributed by atoms with Crippen LogP contribution in [-0.2, 0) is 11.3 Å². The Morgan fingerprint density at radius 2 is 2.00 bits per heavy atom. The van der Waals surface area contributed by atoms with E-state index < -0.39 is 0 Å². The van der Waals surface area contributed by atoms with Gasteiger partial charge in [0.05, 0.1) is 0 Å². The van der Waals surface area contributed by atoms with Crippen molar-refractivity contribution in [3.63, 3.8) is 0 Å². The number of benzene rings is 1. The first-order valence-electron chi connectivity index (χ1n) is 6.41. The predicted molar refractivity (Wildman–Crippen MR) is 70.3 cm³/mol. The van der Waals surface area contributed by atoms with Gasteiger partial charge in [-0.25, -0.2) is 0 Å². The molecule has 1 aliphatic heterocycles. The Bertz CT molecular complexity index is 420. The van der Waals surface area contributed by atoms with E-state index in [1.54, 1.807) is 13.0 Å². The molecule has 0 bridgehead atoms. The number of aromatic hydroxyl groups is 1. The summed E-state index contributed by atoms with van der Waals surface area (Å²) in [5.74, 6) is 0.504. The monoisotopic (exact) mass is 248 g/mol. The molecule has 0 aromatic heterocycles. The largest absolute Gasteiger partial charge is 0.508 e. The third-order valence-corrected chi connectivity index (χ3v) is 3.42. The number of amides is 1. The SMILES string of the molecule is CC(=O)N1CCCN(Cc2ccccc2O)CC1. The number of hydrogen-bond donors (Lipinski definition) is 1. The first-order valence-corrected chi connectivity index (χ1v) is 6.41. The Labute approximate surface area is 108 Å². The molecule has 1 aromatic rings. The first kappa shape index (κ1) is 12.9. The highest BCUT2D eigenvalue weighted by molar-refractivity contribution is 5.73. The summed E-state index contributed by atoms with van der Waals surface area (Å²) in [5, 5.41) is 9.76. The zero-order valence-corrected chi connectivity index (χ0v) is 10.8.